The van der Waals surface area contributed by atoms with Gasteiger partial charge in [-0.25, -0.2) is 4.98 Å². The van der Waals surface area contributed by atoms with E-state index in [1.54, 1.807) is 12.1 Å². The number of benzene rings is 1. The molecule has 2 aliphatic heterocycles. The molecule has 3 heterocycles. The van der Waals surface area contributed by atoms with Crippen LogP contribution in [0.4, 0.5) is 24.5 Å². The first-order chi connectivity index (χ1) is 14.3. The van der Waals surface area contributed by atoms with Gasteiger partial charge in [0.2, 0.25) is 0 Å². The molecule has 0 unspecified atom stereocenters. The molecule has 1 fully saturated rings. The fraction of sp³-hybridized carbons (Fsp3) is 0.429. The van der Waals surface area contributed by atoms with E-state index in [0.29, 0.717) is 17.8 Å². The molecule has 0 bridgehead atoms. The summed E-state index contributed by atoms with van der Waals surface area (Å²) in [5.41, 5.74) is 1.81. The number of aromatic nitrogens is 1. The van der Waals surface area contributed by atoms with Crippen LogP contribution in [0.5, 0.6) is 0 Å². The van der Waals surface area contributed by atoms with Crippen molar-refractivity contribution in [1.29, 1.82) is 0 Å². The lowest BCUT2D eigenvalue weighted by molar-refractivity contribution is -0.141. The van der Waals surface area contributed by atoms with Crippen molar-refractivity contribution in [3.8, 4) is 0 Å². The number of rotatable bonds is 4. The summed E-state index contributed by atoms with van der Waals surface area (Å²) in [7, 11) is 2.02. The number of pyridine rings is 1. The van der Waals surface area contributed by atoms with Crippen molar-refractivity contribution in [1.82, 2.24) is 14.8 Å². The fourth-order valence-corrected chi connectivity index (χ4v) is 3.76. The first kappa shape index (κ1) is 20.6. The number of piperazine rings is 1. The lowest BCUT2D eigenvalue weighted by atomic mass is 10.1. The maximum Gasteiger partial charge on any atom is 0.433 e. The van der Waals surface area contributed by atoms with Gasteiger partial charge in [-0.3, -0.25) is 9.69 Å². The number of halogens is 3. The molecule has 1 saturated heterocycles. The van der Waals surface area contributed by atoms with Crippen LogP contribution in [-0.4, -0.2) is 60.5 Å². The van der Waals surface area contributed by atoms with Crippen LogP contribution in [0.2, 0.25) is 0 Å². The van der Waals surface area contributed by atoms with E-state index in [4.69, 9.17) is 0 Å². The quantitative estimate of drug-likeness (QED) is 0.798. The van der Waals surface area contributed by atoms with Gasteiger partial charge in [-0.05, 0) is 43.3 Å². The lowest BCUT2D eigenvalue weighted by Gasteiger charge is -2.32. The Kier molecular flexibility index (Phi) is 5.66. The van der Waals surface area contributed by atoms with Crippen LogP contribution < -0.4 is 10.6 Å². The number of nitrogens with one attached hydrogen (secondary N) is 2. The molecule has 2 aromatic rings. The fourth-order valence-electron chi connectivity index (χ4n) is 3.76. The minimum Gasteiger partial charge on any atom is -0.384 e. The first-order valence-electron chi connectivity index (χ1n) is 9.95. The van der Waals surface area contributed by atoms with Crippen LogP contribution in [0, 0.1) is 0 Å². The molecule has 30 heavy (non-hydrogen) atoms. The summed E-state index contributed by atoms with van der Waals surface area (Å²) >= 11 is 0. The lowest BCUT2D eigenvalue weighted by Crippen LogP contribution is -2.44. The summed E-state index contributed by atoms with van der Waals surface area (Å²) in [6.45, 7) is 4.36. The number of likely N-dealkylation sites (N-methyl/N-ethyl adjacent to an activating group) is 1. The average molecular weight is 419 g/mol. The van der Waals surface area contributed by atoms with E-state index in [1.807, 2.05) is 13.1 Å². The Balaban J connectivity index is 1.54. The smallest absolute Gasteiger partial charge is 0.384 e. The zero-order valence-corrected chi connectivity index (χ0v) is 16.7. The highest BCUT2D eigenvalue weighted by Crippen LogP contribution is 2.30. The van der Waals surface area contributed by atoms with Crippen molar-refractivity contribution in [3.63, 3.8) is 0 Å². The molecular formula is C21H24F3N5O. The highest BCUT2D eigenvalue weighted by molar-refractivity contribution is 6.05. The summed E-state index contributed by atoms with van der Waals surface area (Å²) in [5.74, 6) is -0.448. The zero-order chi connectivity index (χ0) is 21.3. The van der Waals surface area contributed by atoms with Crippen LogP contribution in [0.3, 0.4) is 0 Å². The van der Waals surface area contributed by atoms with Gasteiger partial charge in [0.05, 0.1) is 5.69 Å². The van der Waals surface area contributed by atoms with E-state index in [2.05, 4.69) is 25.4 Å². The SMILES string of the molecule is CN1CCN(Cc2cc(NC(=O)c3ccc4c(c3)NCC4)cc(C(F)(F)F)n2)CC1. The third-order valence-corrected chi connectivity index (χ3v) is 5.49. The molecule has 9 heteroatoms. The molecule has 6 nitrogen and oxygen atoms in total. The molecule has 1 aromatic heterocycles. The predicted molar refractivity (Wildman–Crippen MR) is 109 cm³/mol. The molecule has 0 atom stereocenters. The Labute approximate surface area is 173 Å². The van der Waals surface area contributed by atoms with Crippen LogP contribution in [-0.2, 0) is 19.1 Å². The number of alkyl halides is 3. The molecule has 1 aromatic carbocycles. The molecule has 2 aliphatic rings. The number of hydrogen-bond donors (Lipinski definition) is 2. The molecule has 1 amide bonds. The normalized spacial score (nSPS) is 17.5. The standard InChI is InChI=1S/C21H24F3N5O/c1-28-6-8-29(9-7-28)13-17-11-16(12-19(26-17)21(22,23)24)27-20(30)15-3-2-14-4-5-25-18(14)10-15/h2-3,10-12,25H,4-9,13H2,1H3,(H,26,27,30). The Morgan fingerprint density at radius 1 is 1.17 bits per heavy atom. The number of fused-ring (bicyclic) bond motifs is 1. The van der Waals surface area contributed by atoms with Gasteiger partial charge in [0.15, 0.2) is 0 Å². The molecular weight excluding hydrogens is 395 g/mol. The van der Waals surface area contributed by atoms with E-state index in [1.165, 1.54) is 6.07 Å². The molecule has 160 valence electrons. The molecule has 4 rings (SSSR count). The second kappa shape index (κ2) is 8.23. The number of hydrogen-bond acceptors (Lipinski definition) is 5. The van der Waals surface area contributed by atoms with Crippen LogP contribution in [0.15, 0.2) is 30.3 Å². The van der Waals surface area contributed by atoms with Gasteiger partial charge < -0.3 is 15.5 Å². The number of nitrogens with zero attached hydrogens (tertiary/aromatic N) is 3. The molecule has 2 N–H and O–H groups in total. The van der Waals surface area contributed by atoms with E-state index in [-0.39, 0.29) is 5.69 Å². The third kappa shape index (κ3) is 4.73. The van der Waals surface area contributed by atoms with E-state index >= 15 is 0 Å². The molecule has 0 radical (unpaired) electrons. The van der Waals surface area contributed by atoms with E-state index < -0.39 is 17.8 Å². The number of anilines is 2. The zero-order valence-electron chi connectivity index (χ0n) is 16.7. The average Bonchev–Trinajstić information content (AvgIpc) is 3.17. The van der Waals surface area contributed by atoms with Gasteiger partial charge in [-0.2, -0.15) is 13.2 Å². The minimum atomic E-state index is -4.59. The molecule has 0 spiro atoms. The molecule has 0 saturated carbocycles. The summed E-state index contributed by atoms with van der Waals surface area (Å²) in [6.07, 6.45) is -3.69. The van der Waals surface area contributed by atoms with Crippen LogP contribution in [0.1, 0.15) is 27.3 Å². The Hall–Kier alpha value is -2.65. The Morgan fingerprint density at radius 2 is 1.93 bits per heavy atom. The summed E-state index contributed by atoms with van der Waals surface area (Å²) < 4.78 is 40.2. The van der Waals surface area contributed by atoms with Crippen molar-refractivity contribution in [2.45, 2.75) is 19.1 Å². The van der Waals surface area contributed by atoms with E-state index in [0.717, 1.165) is 56.5 Å². The van der Waals surface area contributed by atoms with Crippen molar-refractivity contribution < 1.29 is 18.0 Å². The van der Waals surface area contributed by atoms with Crippen molar-refractivity contribution >= 4 is 17.3 Å². The van der Waals surface area contributed by atoms with E-state index in [9.17, 15) is 18.0 Å². The number of carbonyl (C=O) groups is 1. The van der Waals surface area contributed by atoms with Crippen LogP contribution in [0.25, 0.3) is 0 Å². The van der Waals surface area contributed by atoms with Gasteiger partial charge in [-0.1, -0.05) is 6.07 Å². The van der Waals surface area contributed by atoms with Gasteiger partial charge in [0.1, 0.15) is 5.69 Å². The Morgan fingerprint density at radius 3 is 2.67 bits per heavy atom. The minimum absolute atomic E-state index is 0.0971. The predicted octanol–water partition coefficient (Wildman–Crippen LogP) is 3.07. The topological polar surface area (TPSA) is 60.5 Å². The number of amides is 1. The maximum atomic E-state index is 13.4. The largest absolute Gasteiger partial charge is 0.433 e. The first-order valence-corrected chi connectivity index (χ1v) is 9.95. The maximum absolute atomic E-state index is 13.4. The summed E-state index contributed by atoms with van der Waals surface area (Å²) in [4.78, 5) is 20.7. The highest BCUT2D eigenvalue weighted by Gasteiger charge is 2.33. The van der Waals surface area contributed by atoms with Crippen molar-refractivity contribution in [2.24, 2.45) is 0 Å². The van der Waals surface area contributed by atoms with Gasteiger partial charge in [0.25, 0.3) is 5.91 Å². The van der Waals surface area contributed by atoms with Crippen molar-refractivity contribution in [2.75, 3.05) is 50.4 Å². The second-order valence-electron chi connectivity index (χ2n) is 7.81. The Bertz CT molecular complexity index is 939. The van der Waals surface area contributed by atoms with Gasteiger partial charge >= 0.3 is 6.18 Å². The van der Waals surface area contributed by atoms with Crippen molar-refractivity contribution in [3.05, 3.63) is 52.8 Å². The number of carbonyl (C=O) groups excluding carboxylic acids is 1. The monoisotopic (exact) mass is 419 g/mol. The summed E-state index contributed by atoms with van der Waals surface area (Å²) in [5, 5.41) is 5.81. The molecule has 0 aliphatic carbocycles. The van der Waals surface area contributed by atoms with Gasteiger partial charge in [0, 0.05) is 56.2 Å². The summed E-state index contributed by atoms with van der Waals surface area (Å²) in [6, 6.07) is 7.71. The third-order valence-electron chi connectivity index (χ3n) is 5.49. The second-order valence-corrected chi connectivity index (χ2v) is 7.81. The van der Waals surface area contributed by atoms with Crippen LogP contribution >= 0.6 is 0 Å². The highest BCUT2D eigenvalue weighted by atomic mass is 19.4. The van der Waals surface area contributed by atoms with Gasteiger partial charge in [-0.15, -0.1) is 0 Å².